The molecule has 0 radical (unpaired) electrons. The predicted octanol–water partition coefficient (Wildman–Crippen LogP) is 8.22. The summed E-state index contributed by atoms with van der Waals surface area (Å²) in [5, 5.41) is 4.57. The zero-order valence-electron chi connectivity index (χ0n) is 16.5. The number of benzene rings is 3. The number of fused-ring (bicyclic) bond motifs is 1. The number of hydrogen-bond donors (Lipinski definition) is 0. The van der Waals surface area contributed by atoms with Crippen molar-refractivity contribution in [3.63, 3.8) is 0 Å². The first kappa shape index (κ1) is 24.4. The molecular weight excluding hydrogens is 545 g/mol. The van der Waals surface area contributed by atoms with Crippen LogP contribution in [-0.2, 0) is 22.8 Å². The molecule has 1 heterocycles. The van der Waals surface area contributed by atoms with E-state index in [0.717, 1.165) is 0 Å². The fourth-order valence-electron chi connectivity index (χ4n) is 3.75. The second kappa shape index (κ2) is 7.89. The molecule has 0 aromatic heterocycles. The van der Waals surface area contributed by atoms with E-state index in [1.165, 1.54) is 6.07 Å². The molecule has 0 bridgehead atoms. The van der Waals surface area contributed by atoms with Crippen molar-refractivity contribution in [2.45, 2.75) is 30.6 Å². The number of oxime groups is 1. The van der Waals surface area contributed by atoms with Crippen molar-refractivity contribution >= 4 is 32.4 Å². The third kappa shape index (κ3) is 4.12. The van der Waals surface area contributed by atoms with Crippen LogP contribution >= 0.6 is 15.9 Å². The smallest absolute Gasteiger partial charge is 0.374 e. The van der Waals surface area contributed by atoms with E-state index in [1.54, 1.807) is 30.3 Å². The highest BCUT2D eigenvalue weighted by atomic mass is 79.9. The van der Waals surface area contributed by atoms with Gasteiger partial charge in [-0.2, -0.15) is 39.5 Å². The van der Waals surface area contributed by atoms with Crippen LogP contribution < -0.4 is 0 Å². The van der Waals surface area contributed by atoms with Gasteiger partial charge in [-0.3, -0.25) is 0 Å². The second-order valence-corrected chi connectivity index (χ2v) is 8.42. The lowest BCUT2D eigenvalue weighted by Crippen LogP contribution is -2.43. The van der Waals surface area contributed by atoms with Gasteiger partial charge in [-0.1, -0.05) is 51.4 Å². The van der Waals surface area contributed by atoms with Crippen LogP contribution in [0.25, 0.3) is 10.8 Å². The second-order valence-electron chi connectivity index (χ2n) is 7.57. The highest BCUT2D eigenvalue weighted by Gasteiger charge is 2.63. The Morgan fingerprint density at radius 3 is 1.85 bits per heavy atom. The van der Waals surface area contributed by atoms with Gasteiger partial charge in [0.05, 0.1) is 16.8 Å². The Hall–Kier alpha value is -2.76. The summed E-state index contributed by atoms with van der Waals surface area (Å²) < 4.78 is 123. The van der Waals surface area contributed by atoms with Crippen LogP contribution in [0.5, 0.6) is 0 Å². The Bertz CT molecular complexity index is 1260. The normalized spacial score (nSPS) is 19.3. The van der Waals surface area contributed by atoms with E-state index >= 15 is 0 Å². The molecule has 0 spiro atoms. The van der Waals surface area contributed by atoms with Crippen molar-refractivity contribution in [1.82, 2.24) is 0 Å². The van der Waals surface area contributed by atoms with E-state index < -0.39 is 47.2 Å². The van der Waals surface area contributed by atoms with Gasteiger partial charge in [-0.25, -0.2) is 0 Å². The topological polar surface area (TPSA) is 21.6 Å². The molecule has 1 aliphatic rings. The first-order chi connectivity index (χ1) is 15.6. The van der Waals surface area contributed by atoms with Crippen molar-refractivity contribution in [2.24, 2.45) is 5.16 Å². The van der Waals surface area contributed by atoms with Crippen LogP contribution in [0, 0.1) is 0 Å². The molecular formula is C22H11BrF9NO. The van der Waals surface area contributed by atoms with Gasteiger partial charge in [-0.15, -0.1) is 0 Å². The first-order valence-electron chi connectivity index (χ1n) is 9.43. The molecule has 180 valence electrons. The minimum absolute atomic E-state index is 0.0148. The molecule has 0 amide bonds. The fourth-order valence-corrected chi connectivity index (χ4v) is 4.23. The molecule has 0 aliphatic carbocycles. The van der Waals surface area contributed by atoms with Crippen molar-refractivity contribution in [2.75, 3.05) is 0 Å². The zero-order chi connectivity index (χ0) is 25.1. The van der Waals surface area contributed by atoms with Crippen molar-refractivity contribution in [3.05, 3.63) is 81.3 Å². The molecule has 2 nitrogen and oxygen atoms in total. The molecule has 12 heteroatoms. The van der Waals surface area contributed by atoms with Gasteiger partial charge >= 0.3 is 18.5 Å². The maximum Gasteiger partial charge on any atom is 0.435 e. The van der Waals surface area contributed by atoms with Gasteiger partial charge in [0.25, 0.3) is 5.60 Å². The van der Waals surface area contributed by atoms with Gasteiger partial charge in [0.15, 0.2) is 0 Å². The Balaban J connectivity index is 1.89. The number of nitrogens with zero attached hydrogens (tertiary/aromatic N) is 1. The fraction of sp³-hybridized carbons (Fsp3) is 0.227. The van der Waals surface area contributed by atoms with Crippen LogP contribution in [0.4, 0.5) is 39.5 Å². The quantitative estimate of drug-likeness (QED) is 0.292. The van der Waals surface area contributed by atoms with Gasteiger partial charge < -0.3 is 4.84 Å². The molecule has 1 aliphatic heterocycles. The maximum atomic E-state index is 14.3. The van der Waals surface area contributed by atoms with E-state index in [1.807, 2.05) is 0 Å². The monoisotopic (exact) mass is 555 g/mol. The molecule has 1 atom stereocenters. The summed E-state index contributed by atoms with van der Waals surface area (Å²) in [5.41, 5.74) is -8.72. The van der Waals surface area contributed by atoms with E-state index in [-0.39, 0.29) is 29.5 Å². The van der Waals surface area contributed by atoms with Gasteiger partial charge in [-0.05, 0) is 35.0 Å². The average molecular weight is 556 g/mol. The summed E-state index contributed by atoms with van der Waals surface area (Å²) in [7, 11) is 0. The third-order valence-corrected chi connectivity index (χ3v) is 6.11. The van der Waals surface area contributed by atoms with E-state index in [0.29, 0.717) is 15.2 Å². The Labute approximate surface area is 194 Å². The van der Waals surface area contributed by atoms with Crippen molar-refractivity contribution in [3.8, 4) is 0 Å². The Morgan fingerprint density at radius 1 is 0.765 bits per heavy atom. The van der Waals surface area contributed by atoms with Gasteiger partial charge in [0, 0.05) is 22.0 Å². The van der Waals surface area contributed by atoms with E-state index in [2.05, 4.69) is 25.9 Å². The van der Waals surface area contributed by atoms with Gasteiger partial charge in [0.1, 0.15) is 0 Å². The highest BCUT2D eigenvalue weighted by molar-refractivity contribution is 9.10. The van der Waals surface area contributed by atoms with Crippen LogP contribution in [0.3, 0.4) is 0 Å². The predicted molar refractivity (Wildman–Crippen MR) is 108 cm³/mol. The minimum atomic E-state index is -5.39. The molecule has 0 N–H and O–H groups in total. The Morgan fingerprint density at radius 2 is 1.32 bits per heavy atom. The number of rotatable bonds is 2. The molecule has 1 unspecified atom stereocenters. The Kier molecular flexibility index (Phi) is 5.66. The maximum absolute atomic E-state index is 14.3. The zero-order valence-corrected chi connectivity index (χ0v) is 18.1. The lowest BCUT2D eigenvalue weighted by molar-refractivity contribution is -0.276. The first-order valence-corrected chi connectivity index (χ1v) is 10.2. The summed E-state index contributed by atoms with van der Waals surface area (Å²) in [6.07, 6.45) is -17.2. The largest absolute Gasteiger partial charge is 0.435 e. The molecule has 0 saturated carbocycles. The van der Waals surface area contributed by atoms with Crippen LogP contribution in [0.1, 0.15) is 28.7 Å². The molecule has 0 fully saturated rings. The van der Waals surface area contributed by atoms with E-state index in [4.69, 9.17) is 0 Å². The number of hydrogen-bond acceptors (Lipinski definition) is 2. The SMILES string of the molecule is FC(F)(F)c1cc(C(F)(F)F)cc(C2(C(F)(F)F)CC(c3ccc(Br)c4ccccc34)=NO2)c1. The lowest BCUT2D eigenvalue weighted by atomic mass is 9.84. The van der Waals surface area contributed by atoms with Crippen LogP contribution in [0.2, 0.25) is 0 Å². The minimum Gasteiger partial charge on any atom is -0.374 e. The molecule has 3 aromatic rings. The van der Waals surface area contributed by atoms with Crippen molar-refractivity contribution in [1.29, 1.82) is 0 Å². The molecule has 0 saturated heterocycles. The number of alkyl halides is 9. The van der Waals surface area contributed by atoms with Crippen molar-refractivity contribution < 1.29 is 44.4 Å². The third-order valence-electron chi connectivity index (χ3n) is 5.42. The summed E-state index contributed by atoms with van der Waals surface area (Å²) in [5.74, 6) is 0. The summed E-state index contributed by atoms with van der Waals surface area (Å²) in [6.45, 7) is 0. The van der Waals surface area contributed by atoms with Crippen LogP contribution in [0.15, 0.2) is 64.2 Å². The molecule has 3 aromatic carbocycles. The molecule has 34 heavy (non-hydrogen) atoms. The summed E-state index contributed by atoms with van der Waals surface area (Å²) in [6, 6.07) is 9.35. The van der Waals surface area contributed by atoms with Crippen LogP contribution in [-0.4, -0.2) is 11.9 Å². The average Bonchev–Trinajstić information content (AvgIpc) is 3.19. The standard InChI is InChI=1S/C22H11BrF9NO/c23-17-6-5-16(14-3-1-2-4-15(14)17)18-10-19(34-33-18,22(30,31)32)11-7-12(20(24,25)26)9-13(8-11)21(27,28)29/h1-9H,10H2. The van der Waals surface area contributed by atoms with Gasteiger partial charge in [0.2, 0.25) is 0 Å². The van der Waals surface area contributed by atoms with E-state index in [9.17, 15) is 39.5 Å². The summed E-state index contributed by atoms with van der Waals surface area (Å²) in [4.78, 5) is 4.69. The lowest BCUT2D eigenvalue weighted by Gasteiger charge is -2.30. The number of halogens is 10. The molecule has 4 rings (SSSR count). The highest BCUT2D eigenvalue weighted by Crippen LogP contribution is 2.51. The summed E-state index contributed by atoms with van der Waals surface area (Å²) >= 11 is 3.32.